The average molecular weight is 1310 g/mol. The third-order valence-electron chi connectivity index (χ3n) is 12.9. The summed E-state index contributed by atoms with van der Waals surface area (Å²) >= 11 is 0. The van der Waals surface area contributed by atoms with E-state index in [2.05, 4.69) is 0 Å². The van der Waals surface area contributed by atoms with Gasteiger partial charge in [0.2, 0.25) is 0 Å². The van der Waals surface area contributed by atoms with E-state index in [1.54, 1.807) is 146 Å². The van der Waals surface area contributed by atoms with Gasteiger partial charge in [-0.2, -0.15) is 0 Å². The summed E-state index contributed by atoms with van der Waals surface area (Å²) in [6, 6.07) is 52.2. The maximum atomic E-state index is 11.9. The molecule has 14 heteroatoms. The zero-order valence-electron chi connectivity index (χ0n) is 48.6. The Morgan fingerprint density at radius 3 is 0.442 bits per heavy atom. The number of hydrogen-bond donors (Lipinski definition) is 0. The Balaban J connectivity index is 0.000000435. The van der Waals surface area contributed by atoms with Gasteiger partial charge in [0.1, 0.15) is 0 Å². The van der Waals surface area contributed by atoms with Crippen LogP contribution < -0.4 is 30.6 Å². The number of rotatable bonds is 33. The van der Waals surface area contributed by atoms with E-state index < -0.39 is 0 Å². The summed E-state index contributed by atoms with van der Waals surface area (Å²) < 4.78 is 0. The van der Waals surface area contributed by atoms with Gasteiger partial charge in [-0.1, -0.05) is 255 Å². The number of carbonyl (C=O) groups is 6. The van der Waals surface area contributed by atoms with Gasteiger partial charge in [-0.15, -0.1) is 0 Å². The molecule has 0 atom stereocenters. The molecule has 0 saturated heterocycles. The van der Waals surface area contributed by atoms with E-state index in [0.717, 1.165) is 75.0 Å². The van der Waals surface area contributed by atoms with Crippen LogP contribution in [0.2, 0.25) is 0 Å². The molecule has 0 aliphatic carbocycles. The van der Waals surface area contributed by atoms with Crippen LogP contribution in [0.25, 0.3) is 34.6 Å². The monoisotopic (exact) mass is 1310 g/mol. The Labute approximate surface area is 556 Å². The fourth-order valence-corrected chi connectivity index (χ4v) is 8.28. The molecule has 0 N–H and O–H groups in total. The molecule has 0 aliphatic heterocycles. The van der Waals surface area contributed by atoms with Crippen molar-refractivity contribution < 1.29 is 125 Å². The van der Waals surface area contributed by atoms with Crippen LogP contribution in [-0.4, -0.2) is 34.7 Å². The van der Waals surface area contributed by atoms with Crippen molar-refractivity contribution in [2.24, 2.45) is 0 Å². The fraction of sp³-hybridized carbons (Fsp3) is 0.250. The van der Waals surface area contributed by atoms with Gasteiger partial charge in [-0.25, -0.2) is 0 Å². The Kier molecular flexibility index (Phi) is 39.3. The number of ketones is 6. The molecule has 0 unspecified atom stereocenters. The molecular formula is C72H72O12Y2. The molecule has 438 valence electrons. The summed E-state index contributed by atoms with van der Waals surface area (Å²) in [6.07, 6.45) is 17.8. The molecule has 0 amide bonds. The molecule has 6 aromatic carbocycles. The summed E-state index contributed by atoms with van der Waals surface area (Å²) in [5.74, 6) is -2.66. The average Bonchev–Trinajstić information content (AvgIpc) is 3.65. The van der Waals surface area contributed by atoms with Crippen molar-refractivity contribution in [1.82, 2.24) is 0 Å². The van der Waals surface area contributed by atoms with Crippen LogP contribution in [0.4, 0.5) is 0 Å². The van der Waals surface area contributed by atoms with Crippen LogP contribution >= 0.6 is 0 Å². The summed E-state index contributed by atoms with van der Waals surface area (Å²) in [6.45, 7) is 0. The maximum absolute atomic E-state index is 11.9. The Bertz CT molecular complexity index is 2600. The normalized spacial score (nSPS) is 11.7. The van der Waals surface area contributed by atoms with Crippen LogP contribution in [0.15, 0.2) is 218 Å². The van der Waals surface area contributed by atoms with Crippen LogP contribution in [0.3, 0.4) is 0 Å². The van der Waals surface area contributed by atoms with Crippen LogP contribution in [-0.2, 0) is 94.2 Å². The molecule has 0 aliphatic rings. The quantitative estimate of drug-likeness (QED) is 0.0212. The first-order valence-corrected chi connectivity index (χ1v) is 28.5. The Hall–Kier alpha value is -7.21. The van der Waals surface area contributed by atoms with Gasteiger partial charge in [0.05, 0.1) is 0 Å². The molecule has 12 nitrogen and oxygen atoms in total. The molecule has 0 heterocycles. The second kappa shape index (κ2) is 45.2. The van der Waals surface area contributed by atoms with Crippen molar-refractivity contribution >= 4 is 69.3 Å². The predicted molar refractivity (Wildman–Crippen MR) is 320 cm³/mol. The van der Waals surface area contributed by atoms with Crippen molar-refractivity contribution in [2.45, 2.75) is 116 Å². The van der Waals surface area contributed by atoms with Gasteiger partial charge < -0.3 is 30.6 Å². The van der Waals surface area contributed by atoms with E-state index in [4.69, 9.17) is 0 Å². The summed E-state index contributed by atoms with van der Waals surface area (Å²) in [7, 11) is 0. The molecule has 6 aromatic rings. The van der Waals surface area contributed by atoms with Gasteiger partial charge >= 0.3 is 65.4 Å². The third-order valence-corrected chi connectivity index (χ3v) is 12.9. The van der Waals surface area contributed by atoms with Crippen LogP contribution in [0, 0.1) is 0 Å². The van der Waals surface area contributed by atoms with E-state index in [9.17, 15) is 59.4 Å². The van der Waals surface area contributed by atoms with Gasteiger partial charge in [0.25, 0.3) is 0 Å². The molecular weight excluding hydrogens is 1230 g/mol. The van der Waals surface area contributed by atoms with Gasteiger partial charge in [0.15, 0.2) is 34.7 Å². The minimum Gasteiger partial charge on any atom is -0.872 e. The summed E-state index contributed by atoms with van der Waals surface area (Å²) in [5.41, 5.74) is 3.06. The van der Waals surface area contributed by atoms with Crippen molar-refractivity contribution in [1.29, 1.82) is 0 Å². The number of allylic oxidation sites excluding steroid dienone is 6. The summed E-state index contributed by atoms with van der Waals surface area (Å²) in [4.78, 5) is 71.1. The standard InChI is InChI=1S/3C24H26O4.2Y/c3*25-21(17-23(27)19-11-5-3-6-12-19)15-9-1-2-10-16-22(26)18-24(28)20-13-7-4-8-14-20;;/h3*3-8,11-14,17-18,27-28H,1-2,9-10,15-16H2;;/q;;;2*+3/p-6/b3*23-17-,24-18-;;. The van der Waals surface area contributed by atoms with E-state index >= 15 is 0 Å². The summed E-state index contributed by atoms with van der Waals surface area (Å²) in [5, 5.41) is 71.5. The largest absolute Gasteiger partial charge is 3.00 e. The Morgan fingerprint density at radius 1 is 0.209 bits per heavy atom. The molecule has 0 radical (unpaired) electrons. The first-order chi connectivity index (χ1) is 40.7. The molecule has 6 rings (SSSR count). The zero-order chi connectivity index (χ0) is 60.6. The second-order valence-corrected chi connectivity index (χ2v) is 19.8. The van der Waals surface area contributed by atoms with Gasteiger partial charge in [0, 0.05) is 38.5 Å². The van der Waals surface area contributed by atoms with Crippen molar-refractivity contribution in [3.8, 4) is 0 Å². The number of carbonyl (C=O) groups excluding carboxylic acids is 6. The first kappa shape index (κ1) is 74.9. The van der Waals surface area contributed by atoms with Gasteiger partial charge in [-0.05, 0) is 108 Å². The van der Waals surface area contributed by atoms with Crippen molar-refractivity contribution in [2.75, 3.05) is 0 Å². The number of hydrogen-bond acceptors (Lipinski definition) is 12. The van der Waals surface area contributed by atoms with Crippen LogP contribution in [0.5, 0.6) is 0 Å². The molecule has 86 heavy (non-hydrogen) atoms. The maximum Gasteiger partial charge on any atom is 3.00 e. The van der Waals surface area contributed by atoms with Crippen molar-refractivity contribution in [3.05, 3.63) is 252 Å². The minimum absolute atomic E-state index is 0. The van der Waals surface area contributed by atoms with E-state index in [1.807, 2.05) is 36.4 Å². The first-order valence-electron chi connectivity index (χ1n) is 28.5. The fourth-order valence-electron chi connectivity index (χ4n) is 8.28. The predicted octanol–water partition coefficient (Wildman–Crippen LogP) is 9.80. The SMILES string of the molecule is O=C(/C=C(\[O-])c1ccccc1)CCCCCCC(=O)/C=C(\[O-])c1ccccc1.O=C(/C=C(\[O-])c1ccccc1)CCCCCCC(=O)/C=C(\[O-])c1ccccc1.O=C(/C=C(\[O-])c1ccccc1)CCCCCCC(=O)/C=C(\[O-])c1ccccc1.[Y+3].[Y+3]. The van der Waals surface area contributed by atoms with Crippen LogP contribution in [0.1, 0.15) is 149 Å². The molecule has 0 bridgehead atoms. The molecule has 0 fully saturated rings. The van der Waals surface area contributed by atoms with Gasteiger partial charge in [-0.3, -0.25) is 28.8 Å². The Morgan fingerprint density at radius 2 is 0.326 bits per heavy atom. The number of benzene rings is 6. The third kappa shape index (κ3) is 32.9. The molecule has 0 spiro atoms. The topological polar surface area (TPSA) is 241 Å². The van der Waals surface area contributed by atoms with E-state index in [0.29, 0.717) is 110 Å². The molecule has 0 saturated carbocycles. The zero-order valence-corrected chi connectivity index (χ0v) is 54.2. The van der Waals surface area contributed by atoms with E-state index in [-0.39, 0.29) is 135 Å². The van der Waals surface area contributed by atoms with Crippen molar-refractivity contribution in [3.63, 3.8) is 0 Å². The second-order valence-electron chi connectivity index (χ2n) is 19.8. The number of unbranched alkanes of at least 4 members (excludes halogenated alkanes) is 9. The van der Waals surface area contributed by atoms with E-state index in [1.165, 1.54) is 0 Å². The molecule has 0 aromatic heterocycles. The smallest absolute Gasteiger partial charge is 0.872 e. The minimum atomic E-state index is -0.269.